The summed E-state index contributed by atoms with van der Waals surface area (Å²) in [5, 5.41) is 0. The molecule has 6 nitrogen and oxygen atoms in total. The molecule has 1 atom stereocenters. The van der Waals surface area contributed by atoms with Gasteiger partial charge in [-0.1, -0.05) is 264 Å². The Bertz CT molecular complexity index is 1420. The quantitative estimate of drug-likeness (QED) is 0.0262. The van der Waals surface area contributed by atoms with E-state index in [1.54, 1.807) is 0 Å². The van der Waals surface area contributed by atoms with Gasteiger partial charge in [-0.15, -0.1) is 0 Å². The average Bonchev–Trinajstić information content (AvgIpc) is 3.31. The number of carbonyl (C=O) groups is 3. The van der Waals surface area contributed by atoms with E-state index < -0.39 is 6.10 Å². The van der Waals surface area contributed by atoms with Gasteiger partial charge in [-0.25, -0.2) is 0 Å². The summed E-state index contributed by atoms with van der Waals surface area (Å²) in [6.07, 6.45) is 73.3. The number of allylic oxidation sites excluding steroid dienone is 20. The molecular formula is C60H96O6. The van der Waals surface area contributed by atoms with Crippen LogP contribution in [0.4, 0.5) is 0 Å². The predicted molar refractivity (Wildman–Crippen MR) is 283 cm³/mol. The van der Waals surface area contributed by atoms with Gasteiger partial charge in [-0.3, -0.25) is 14.4 Å². The zero-order valence-corrected chi connectivity index (χ0v) is 42.4. The number of hydrogen-bond donors (Lipinski definition) is 0. The second-order valence-electron chi connectivity index (χ2n) is 17.3. The van der Waals surface area contributed by atoms with Crippen molar-refractivity contribution in [2.75, 3.05) is 13.2 Å². The molecule has 0 aromatic rings. The van der Waals surface area contributed by atoms with Crippen molar-refractivity contribution in [3.63, 3.8) is 0 Å². The third-order valence-electron chi connectivity index (χ3n) is 11.0. The van der Waals surface area contributed by atoms with Gasteiger partial charge in [0.15, 0.2) is 6.10 Å². The molecule has 0 N–H and O–H groups in total. The molecule has 0 aliphatic rings. The Morgan fingerprint density at radius 1 is 0.318 bits per heavy atom. The third kappa shape index (κ3) is 50.8. The normalized spacial score (nSPS) is 13.1. The molecule has 0 aliphatic heterocycles. The number of unbranched alkanes of at least 4 members (excludes halogenated alkanes) is 23. The Morgan fingerprint density at radius 3 is 0.924 bits per heavy atom. The minimum absolute atomic E-state index is 0.111. The molecule has 0 spiro atoms. The Labute approximate surface area is 405 Å². The van der Waals surface area contributed by atoms with Gasteiger partial charge >= 0.3 is 17.9 Å². The Hall–Kier alpha value is -4.19. The number of esters is 3. The van der Waals surface area contributed by atoms with Crippen molar-refractivity contribution in [1.82, 2.24) is 0 Å². The SMILES string of the molecule is CC\C=C/C=C\C=C/C=C\C=C/CCCCCC(=O)OCC(COC(=O)CCCCCCCCCCCCCCCCCCCC)OC(=O)CCCCC\C=C/C=C\C=C/C=C\C=C/CC. The highest BCUT2D eigenvalue weighted by atomic mass is 16.6. The lowest BCUT2D eigenvalue weighted by Crippen LogP contribution is -2.30. The summed E-state index contributed by atoms with van der Waals surface area (Å²) in [5.74, 6) is -1.000. The van der Waals surface area contributed by atoms with Crippen LogP contribution in [0.15, 0.2) is 122 Å². The number of ether oxygens (including phenoxy) is 3. The van der Waals surface area contributed by atoms with Crippen molar-refractivity contribution < 1.29 is 28.6 Å². The van der Waals surface area contributed by atoms with Crippen LogP contribution in [0.3, 0.4) is 0 Å². The van der Waals surface area contributed by atoms with E-state index in [1.807, 2.05) is 97.2 Å². The van der Waals surface area contributed by atoms with E-state index in [2.05, 4.69) is 45.1 Å². The van der Waals surface area contributed by atoms with Crippen LogP contribution in [0.5, 0.6) is 0 Å². The lowest BCUT2D eigenvalue weighted by Gasteiger charge is -2.18. The van der Waals surface area contributed by atoms with Gasteiger partial charge in [0.25, 0.3) is 0 Å². The van der Waals surface area contributed by atoms with Crippen LogP contribution in [0, 0.1) is 0 Å². The van der Waals surface area contributed by atoms with Crippen LogP contribution in [0.2, 0.25) is 0 Å². The maximum absolute atomic E-state index is 12.8. The molecule has 0 aliphatic carbocycles. The van der Waals surface area contributed by atoms with E-state index in [1.165, 1.54) is 96.3 Å². The van der Waals surface area contributed by atoms with E-state index in [-0.39, 0.29) is 37.5 Å². The summed E-state index contributed by atoms with van der Waals surface area (Å²) in [6, 6.07) is 0. The van der Waals surface area contributed by atoms with Gasteiger partial charge < -0.3 is 14.2 Å². The molecular weight excluding hydrogens is 817 g/mol. The molecule has 0 bridgehead atoms. The van der Waals surface area contributed by atoms with Crippen LogP contribution in [-0.2, 0) is 28.6 Å². The van der Waals surface area contributed by atoms with Crippen molar-refractivity contribution in [3.05, 3.63) is 122 Å². The fourth-order valence-electron chi connectivity index (χ4n) is 7.01. The highest BCUT2D eigenvalue weighted by Crippen LogP contribution is 2.15. The first kappa shape index (κ1) is 61.8. The molecule has 0 saturated carbocycles. The molecule has 0 heterocycles. The topological polar surface area (TPSA) is 78.9 Å². The number of rotatable bonds is 46. The van der Waals surface area contributed by atoms with Gasteiger partial charge in [0.05, 0.1) is 0 Å². The summed E-state index contributed by atoms with van der Waals surface area (Å²) in [6.45, 7) is 6.28. The zero-order valence-electron chi connectivity index (χ0n) is 42.4. The summed E-state index contributed by atoms with van der Waals surface area (Å²) in [5.41, 5.74) is 0. The molecule has 66 heavy (non-hydrogen) atoms. The van der Waals surface area contributed by atoms with E-state index in [9.17, 15) is 14.4 Å². The van der Waals surface area contributed by atoms with Crippen molar-refractivity contribution in [3.8, 4) is 0 Å². The maximum atomic E-state index is 12.8. The minimum atomic E-state index is -0.820. The molecule has 1 unspecified atom stereocenters. The molecule has 372 valence electrons. The van der Waals surface area contributed by atoms with E-state index in [4.69, 9.17) is 14.2 Å². The van der Waals surface area contributed by atoms with E-state index in [0.29, 0.717) is 19.3 Å². The van der Waals surface area contributed by atoms with Crippen LogP contribution in [0.1, 0.15) is 220 Å². The van der Waals surface area contributed by atoms with Crippen LogP contribution >= 0.6 is 0 Å². The number of carbonyl (C=O) groups excluding carboxylic acids is 3. The Morgan fingerprint density at radius 2 is 0.591 bits per heavy atom. The zero-order chi connectivity index (χ0) is 47.9. The second-order valence-corrected chi connectivity index (χ2v) is 17.3. The monoisotopic (exact) mass is 913 g/mol. The smallest absolute Gasteiger partial charge is 0.306 e. The van der Waals surface area contributed by atoms with Crippen LogP contribution in [-0.4, -0.2) is 37.2 Å². The third-order valence-corrected chi connectivity index (χ3v) is 11.0. The van der Waals surface area contributed by atoms with Gasteiger partial charge in [0.2, 0.25) is 0 Å². The molecule has 0 rings (SSSR count). The molecule has 0 fully saturated rings. The maximum Gasteiger partial charge on any atom is 0.306 e. The molecule has 0 amide bonds. The predicted octanol–water partition coefficient (Wildman–Crippen LogP) is 17.7. The second kappa shape index (κ2) is 53.4. The fourth-order valence-corrected chi connectivity index (χ4v) is 7.01. The van der Waals surface area contributed by atoms with E-state index >= 15 is 0 Å². The van der Waals surface area contributed by atoms with Crippen molar-refractivity contribution in [1.29, 1.82) is 0 Å². The first-order valence-electron chi connectivity index (χ1n) is 26.7. The number of hydrogen-bond acceptors (Lipinski definition) is 6. The average molecular weight is 913 g/mol. The molecule has 0 aromatic heterocycles. The Kier molecular flexibility index (Phi) is 50.0. The standard InChI is InChI=1S/C60H96O6/c1-4-7-10-13-16-19-22-25-28-29-30-33-35-38-41-44-47-50-53-59(62)65-56-57(66-60(63)54-51-48-45-42-39-36-32-27-24-21-18-15-12-9-6-3)55-64-58(61)52-49-46-43-40-37-34-31-26-23-20-17-14-11-8-5-2/h8-9,11-12,14-15,17-18,20-21,23-24,26-27,31-32,34,36-37,39,57H,4-7,10,13,16,19,22,25,28-30,33,35,38,40-56H2,1-3H3/b11-8-,12-9-,17-14-,18-15-,23-20-,24-21-,31-26-,32-27-,37-34-,39-36-. The summed E-state index contributed by atoms with van der Waals surface area (Å²) < 4.78 is 16.7. The molecule has 0 saturated heterocycles. The highest BCUT2D eigenvalue weighted by Gasteiger charge is 2.19. The molecule has 0 radical (unpaired) electrons. The van der Waals surface area contributed by atoms with Crippen LogP contribution < -0.4 is 0 Å². The van der Waals surface area contributed by atoms with E-state index in [0.717, 1.165) is 77.0 Å². The minimum Gasteiger partial charge on any atom is -0.462 e. The lowest BCUT2D eigenvalue weighted by atomic mass is 10.0. The van der Waals surface area contributed by atoms with Crippen molar-refractivity contribution in [2.45, 2.75) is 226 Å². The summed E-state index contributed by atoms with van der Waals surface area (Å²) in [4.78, 5) is 38.0. The first-order chi connectivity index (χ1) is 32.5. The Balaban J connectivity index is 4.51. The molecule has 0 aromatic carbocycles. The van der Waals surface area contributed by atoms with Gasteiger partial charge in [-0.05, 0) is 57.8 Å². The van der Waals surface area contributed by atoms with Gasteiger partial charge in [0.1, 0.15) is 13.2 Å². The van der Waals surface area contributed by atoms with Crippen molar-refractivity contribution >= 4 is 17.9 Å². The first-order valence-corrected chi connectivity index (χ1v) is 26.7. The van der Waals surface area contributed by atoms with Crippen LogP contribution in [0.25, 0.3) is 0 Å². The van der Waals surface area contributed by atoms with Crippen molar-refractivity contribution in [2.24, 2.45) is 0 Å². The van der Waals surface area contributed by atoms with Gasteiger partial charge in [0, 0.05) is 19.3 Å². The largest absolute Gasteiger partial charge is 0.462 e. The summed E-state index contributed by atoms with van der Waals surface area (Å²) >= 11 is 0. The summed E-state index contributed by atoms with van der Waals surface area (Å²) in [7, 11) is 0. The highest BCUT2D eigenvalue weighted by molar-refractivity contribution is 5.71. The fraction of sp³-hybridized carbons (Fsp3) is 0.617. The molecule has 6 heteroatoms. The van der Waals surface area contributed by atoms with Gasteiger partial charge in [-0.2, -0.15) is 0 Å². The lowest BCUT2D eigenvalue weighted by molar-refractivity contribution is -0.167.